The molecule has 2 rings (SSSR count). The van der Waals surface area contributed by atoms with E-state index in [9.17, 15) is 0 Å². The summed E-state index contributed by atoms with van der Waals surface area (Å²) in [5, 5.41) is 12.2. The summed E-state index contributed by atoms with van der Waals surface area (Å²) in [4.78, 5) is 2.57. The van der Waals surface area contributed by atoms with Gasteiger partial charge in [-0.2, -0.15) is 0 Å². The smallest absolute Gasteiger partial charge is 0.0604 e. The maximum atomic E-state index is 8.81. The van der Waals surface area contributed by atoms with Gasteiger partial charge in [0.1, 0.15) is 0 Å². The summed E-state index contributed by atoms with van der Waals surface area (Å²) < 4.78 is 0. The first-order valence-electron chi connectivity index (χ1n) is 5.10. The monoisotopic (exact) mass is 182 g/mol. The fourth-order valence-electron chi connectivity index (χ4n) is 2.87. The average Bonchev–Trinajstić information content (AvgIpc) is 2.51. The van der Waals surface area contributed by atoms with E-state index >= 15 is 0 Å². The minimum absolute atomic E-state index is 0.195. The van der Waals surface area contributed by atoms with Crippen LogP contribution in [0.15, 0.2) is 5.16 Å². The lowest BCUT2D eigenvalue weighted by molar-refractivity contribution is 0.0963. The molecule has 0 saturated carbocycles. The number of nitrogens with zero attached hydrogens (tertiary/aromatic N) is 2. The Hall–Kier alpha value is -0.570. The molecule has 1 unspecified atom stereocenters. The zero-order valence-electron chi connectivity index (χ0n) is 8.45. The summed E-state index contributed by atoms with van der Waals surface area (Å²) in [7, 11) is 0. The molecule has 1 atom stereocenters. The molecular formula is C10H18N2O. The van der Waals surface area contributed by atoms with Gasteiger partial charge < -0.3 is 5.21 Å². The third kappa shape index (κ3) is 1.46. The van der Waals surface area contributed by atoms with Gasteiger partial charge in [0.25, 0.3) is 0 Å². The molecule has 2 heterocycles. The summed E-state index contributed by atoms with van der Waals surface area (Å²) in [5.74, 6) is 0. The van der Waals surface area contributed by atoms with Crippen molar-refractivity contribution in [3.8, 4) is 0 Å². The molecular weight excluding hydrogens is 164 g/mol. The predicted octanol–water partition coefficient (Wildman–Crippen LogP) is 1.85. The van der Waals surface area contributed by atoms with E-state index in [0.29, 0.717) is 6.04 Å². The van der Waals surface area contributed by atoms with E-state index in [2.05, 4.69) is 23.9 Å². The Morgan fingerprint density at radius 1 is 1.54 bits per heavy atom. The first-order valence-corrected chi connectivity index (χ1v) is 5.10. The molecule has 74 valence electrons. The number of rotatable bonds is 0. The normalized spacial score (nSPS) is 36.5. The third-order valence-electron chi connectivity index (χ3n) is 3.40. The molecule has 0 bridgehead atoms. The molecule has 1 N–H and O–H groups in total. The molecule has 0 radical (unpaired) electrons. The number of fused-ring (bicyclic) bond motifs is 1. The van der Waals surface area contributed by atoms with Gasteiger partial charge in [-0.15, -0.1) is 0 Å². The second kappa shape index (κ2) is 2.98. The fourth-order valence-corrected chi connectivity index (χ4v) is 2.87. The van der Waals surface area contributed by atoms with Crippen molar-refractivity contribution in [3.05, 3.63) is 0 Å². The van der Waals surface area contributed by atoms with Crippen LogP contribution in [0.1, 0.15) is 39.5 Å². The van der Waals surface area contributed by atoms with E-state index in [1.807, 2.05) is 0 Å². The lowest BCUT2D eigenvalue weighted by Crippen LogP contribution is -2.52. The highest BCUT2D eigenvalue weighted by Crippen LogP contribution is 2.36. The molecule has 0 amide bonds. The van der Waals surface area contributed by atoms with Crippen molar-refractivity contribution in [1.29, 1.82) is 0 Å². The van der Waals surface area contributed by atoms with E-state index < -0.39 is 0 Å². The van der Waals surface area contributed by atoms with Crippen molar-refractivity contribution in [2.75, 3.05) is 6.54 Å². The SMILES string of the molecule is CC1(C)C/C(=N\O)CC2CCCN21. The number of hydrogen-bond donors (Lipinski definition) is 1. The Balaban J connectivity index is 2.20. The van der Waals surface area contributed by atoms with Crippen LogP contribution in [0.25, 0.3) is 0 Å². The van der Waals surface area contributed by atoms with Gasteiger partial charge in [-0.3, -0.25) is 4.90 Å². The van der Waals surface area contributed by atoms with Gasteiger partial charge in [-0.25, -0.2) is 0 Å². The molecule has 0 aliphatic carbocycles. The molecule has 2 aliphatic rings. The van der Waals surface area contributed by atoms with Crippen LogP contribution in [0.4, 0.5) is 0 Å². The van der Waals surface area contributed by atoms with E-state index in [0.717, 1.165) is 18.6 Å². The quantitative estimate of drug-likeness (QED) is 0.458. The number of piperidine rings is 1. The van der Waals surface area contributed by atoms with Crippen LogP contribution in [0, 0.1) is 0 Å². The fraction of sp³-hybridized carbons (Fsp3) is 0.900. The highest BCUT2D eigenvalue weighted by Gasteiger charge is 2.41. The molecule has 2 fully saturated rings. The Morgan fingerprint density at radius 3 is 3.00 bits per heavy atom. The van der Waals surface area contributed by atoms with Crippen LogP contribution in [-0.4, -0.2) is 33.9 Å². The van der Waals surface area contributed by atoms with Crippen molar-refractivity contribution in [2.24, 2.45) is 5.16 Å². The number of hydrogen-bond acceptors (Lipinski definition) is 3. The van der Waals surface area contributed by atoms with Gasteiger partial charge in [-0.1, -0.05) is 5.16 Å². The van der Waals surface area contributed by atoms with Crippen molar-refractivity contribution in [3.63, 3.8) is 0 Å². The van der Waals surface area contributed by atoms with Gasteiger partial charge in [0.2, 0.25) is 0 Å². The van der Waals surface area contributed by atoms with Gasteiger partial charge in [0.05, 0.1) is 5.71 Å². The van der Waals surface area contributed by atoms with Crippen molar-refractivity contribution in [1.82, 2.24) is 4.90 Å². The zero-order valence-corrected chi connectivity index (χ0v) is 8.45. The predicted molar refractivity (Wildman–Crippen MR) is 52.3 cm³/mol. The first-order chi connectivity index (χ1) is 6.13. The lowest BCUT2D eigenvalue weighted by atomic mass is 9.86. The van der Waals surface area contributed by atoms with Crippen LogP contribution in [0.3, 0.4) is 0 Å². The molecule has 3 nitrogen and oxygen atoms in total. The lowest BCUT2D eigenvalue weighted by Gasteiger charge is -2.44. The zero-order chi connectivity index (χ0) is 9.47. The summed E-state index contributed by atoms with van der Waals surface area (Å²) in [6.07, 6.45) is 4.45. The molecule has 2 saturated heterocycles. The van der Waals surface area contributed by atoms with Crippen molar-refractivity contribution >= 4 is 5.71 Å². The second-order valence-corrected chi connectivity index (χ2v) is 4.85. The van der Waals surface area contributed by atoms with Gasteiger partial charge >= 0.3 is 0 Å². The molecule has 13 heavy (non-hydrogen) atoms. The van der Waals surface area contributed by atoms with Crippen molar-refractivity contribution in [2.45, 2.75) is 51.1 Å². The van der Waals surface area contributed by atoms with Crippen molar-refractivity contribution < 1.29 is 5.21 Å². The van der Waals surface area contributed by atoms with E-state index in [-0.39, 0.29) is 5.54 Å². The van der Waals surface area contributed by atoms with E-state index in [1.165, 1.54) is 19.4 Å². The Kier molecular flexibility index (Phi) is 2.06. The highest BCUT2D eigenvalue weighted by molar-refractivity contribution is 5.86. The van der Waals surface area contributed by atoms with Gasteiger partial charge in [0.15, 0.2) is 0 Å². The van der Waals surface area contributed by atoms with E-state index in [4.69, 9.17) is 5.21 Å². The molecule has 0 aromatic carbocycles. The minimum Gasteiger partial charge on any atom is -0.411 e. The summed E-state index contributed by atoms with van der Waals surface area (Å²) >= 11 is 0. The minimum atomic E-state index is 0.195. The Bertz CT molecular complexity index is 235. The molecule has 0 aromatic heterocycles. The van der Waals surface area contributed by atoms with Crippen LogP contribution in [-0.2, 0) is 0 Å². The summed E-state index contributed by atoms with van der Waals surface area (Å²) in [6, 6.07) is 0.634. The maximum absolute atomic E-state index is 8.81. The molecule has 2 aliphatic heterocycles. The molecule has 0 aromatic rings. The van der Waals surface area contributed by atoms with Crippen LogP contribution in [0.5, 0.6) is 0 Å². The molecule has 0 spiro atoms. The maximum Gasteiger partial charge on any atom is 0.0604 e. The van der Waals surface area contributed by atoms with Crippen LogP contribution >= 0.6 is 0 Å². The van der Waals surface area contributed by atoms with Crippen LogP contribution < -0.4 is 0 Å². The molecule has 3 heteroatoms. The van der Waals surface area contributed by atoms with E-state index in [1.54, 1.807) is 0 Å². The average molecular weight is 182 g/mol. The second-order valence-electron chi connectivity index (χ2n) is 4.85. The standard InChI is InChI=1S/C10H18N2O/c1-10(2)7-8(11-13)6-9-4-3-5-12(9)10/h9,13H,3-7H2,1-2H3/b11-8-. The first kappa shape index (κ1) is 9.00. The summed E-state index contributed by atoms with van der Waals surface area (Å²) in [5.41, 5.74) is 1.18. The topological polar surface area (TPSA) is 35.8 Å². The third-order valence-corrected chi connectivity index (χ3v) is 3.40. The Morgan fingerprint density at radius 2 is 2.31 bits per heavy atom. The largest absolute Gasteiger partial charge is 0.411 e. The Labute approximate surface area is 79.4 Å². The number of oxime groups is 1. The summed E-state index contributed by atoms with van der Waals surface area (Å²) in [6.45, 7) is 5.71. The van der Waals surface area contributed by atoms with Gasteiger partial charge in [-0.05, 0) is 33.2 Å². The van der Waals surface area contributed by atoms with Crippen LogP contribution in [0.2, 0.25) is 0 Å². The highest BCUT2D eigenvalue weighted by atomic mass is 16.4. The van der Waals surface area contributed by atoms with Gasteiger partial charge in [0, 0.05) is 24.4 Å².